The van der Waals surface area contributed by atoms with Crippen LogP contribution >= 0.6 is 0 Å². The smallest absolute Gasteiger partial charge is 0.293 e. The maximum Gasteiger partial charge on any atom is 0.293 e. The van der Waals surface area contributed by atoms with Crippen LogP contribution in [0.5, 0.6) is 23.0 Å². The monoisotopic (exact) mass is 1200 g/mol. The van der Waals surface area contributed by atoms with Crippen LogP contribution in [0.15, 0.2) is 126 Å². The van der Waals surface area contributed by atoms with Crippen molar-refractivity contribution < 1.29 is 45.9 Å². The molecule has 4 fully saturated rings. The van der Waals surface area contributed by atoms with Crippen LogP contribution in [-0.2, 0) is 34.4 Å². The number of carbonyl (C=O) groups is 1. The average molecular weight is 1200 g/mol. The van der Waals surface area contributed by atoms with Gasteiger partial charge >= 0.3 is 0 Å². The van der Waals surface area contributed by atoms with Crippen molar-refractivity contribution >= 4 is 44.0 Å². The normalized spacial score (nSPS) is 18.3. The molecule has 7 aromatic rings. The molecular weight excluding hydrogens is 1120 g/mol. The van der Waals surface area contributed by atoms with E-state index in [1.165, 1.54) is 34.5 Å². The van der Waals surface area contributed by atoms with Crippen molar-refractivity contribution in [3.63, 3.8) is 0 Å². The molecule has 1 aliphatic carbocycles. The van der Waals surface area contributed by atoms with Gasteiger partial charge in [0.15, 0.2) is 0 Å². The highest BCUT2D eigenvalue weighted by Gasteiger charge is 2.50. The first-order valence-electron chi connectivity index (χ1n) is 29.5. The molecule has 86 heavy (non-hydrogen) atoms. The van der Waals surface area contributed by atoms with Crippen LogP contribution in [0.1, 0.15) is 103 Å². The number of aromatic nitrogens is 2. The predicted octanol–water partition coefficient (Wildman–Crippen LogP) is 11.5. The number of alkyl halides is 1. The molecule has 3 saturated heterocycles. The van der Waals surface area contributed by atoms with Crippen LogP contribution in [0, 0.1) is 21.3 Å². The minimum absolute atomic E-state index is 0.0716. The number of nitrogens with zero attached hydrogens (tertiary/aromatic N) is 6. The minimum Gasteiger partial charge on any atom is -0.497 e. The molecule has 1 spiro atoms. The topological polar surface area (TPSA) is 197 Å². The highest BCUT2D eigenvalue weighted by Crippen LogP contribution is 2.54. The van der Waals surface area contributed by atoms with E-state index >= 15 is 8.78 Å². The number of hydrogen-bond donors (Lipinski definition) is 3. The first-order valence-corrected chi connectivity index (χ1v) is 31.0. The molecule has 1 amide bonds. The number of benzene rings is 5. The van der Waals surface area contributed by atoms with Crippen molar-refractivity contribution in [1.29, 1.82) is 0 Å². The third-order valence-corrected chi connectivity index (χ3v) is 19.2. The largest absolute Gasteiger partial charge is 0.497 e. The van der Waals surface area contributed by atoms with Crippen molar-refractivity contribution in [3.05, 3.63) is 171 Å². The van der Waals surface area contributed by atoms with E-state index in [-0.39, 0.29) is 66.9 Å². The van der Waals surface area contributed by atoms with Crippen molar-refractivity contribution in [2.24, 2.45) is 5.41 Å². The number of ether oxygens (including phenoxy) is 4. The lowest BCUT2D eigenvalue weighted by Gasteiger charge is -2.58. The molecule has 3 aliphatic heterocycles. The van der Waals surface area contributed by atoms with E-state index < -0.39 is 48.5 Å². The summed E-state index contributed by atoms with van der Waals surface area (Å²) in [4.78, 5) is 42.0. The highest BCUT2D eigenvalue weighted by molar-refractivity contribution is 7.90. The van der Waals surface area contributed by atoms with Crippen LogP contribution in [0.2, 0.25) is 0 Å². The van der Waals surface area contributed by atoms with Gasteiger partial charge in [-0.2, -0.15) is 0 Å². The fourth-order valence-corrected chi connectivity index (χ4v) is 14.0. The van der Waals surface area contributed by atoms with Crippen LogP contribution in [-0.4, -0.2) is 129 Å². The maximum absolute atomic E-state index is 16.7. The predicted molar refractivity (Wildman–Crippen MR) is 326 cm³/mol. The Balaban J connectivity index is 0.760. The first kappa shape index (κ1) is 60.0. The van der Waals surface area contributed by atoms with Crippen molar-refractivity contribution in [3.8, 4) is 23.0 Å². The number of piperidine rings is 1. The lowest BCUT2D eigenvalue weighted by atomic mass is 9.59. The third-order valence-electron chi connectivity index (χ3n) is 17.9. The van der Waals surface area contributed by atoms with Gasteiger partial charge in [-0.3, -0.25) is 29.6 Å². The molecule has 0 bridgehead atoms. The molecule has 5 heterocycles. The summed E-state index contributed by atoms with van der Waals surface area (Å²) in [5, 5.41) is 15.7. The summed E-state index contributed by atoms with van der Waals surface area (Å²) in [5.74, 6) is 0.0507. The van der Waals surface area contributed by atoms with Gasteiger partial charge in [-0.15, -0.1) is 0 Å². The maximum atomic E-state index is 16.7. The van der Waals surface area contributed by atoms with Gasteiger partial charge in [-0.05, 0) is 103 Å². The number of fused-ring (bicyclic) bond motifs is 1. The van der Waals surface area contributed by atoms with Gasteiger partial charge in [0, 0.05) is 132 Å². The Morgan fingerprint density at radius 1 is 0.884 bits per heavy atom. The first-order chi connectivity index (χ1) is 41.4. The molecule has 1 saturated carbocycles. The Bertz CT molecular complexity index is 3700. The molecule has 11 rings (SSSR count). The molecule has 0 radical (unpaired) electrons. The van der Waals surface area contributed by atoms with Crippen LogP contribution in [0.25, 0.3) is 11.0 Å². The average Bonchev–Trinajstić information content (AvgIpc) is 3.11. The Labute approximate surface area is 501 Å². The van der Waals surface area contributed by atoms with E-state index in [1.54, 1.807) is 32.5 Å². The summed E-state index contributed by atoms with van der Waals surface area (Å²) in [6.07, 6.45) is 7.04. The zero-order chi connectivity index (χ0) is 60.3. The van der Waals surface area contributed by atoms with Gasteiger partial charge in [0.1, 0.15) is 45.8 Å². The van der Waals surface area contributed by atoms with Gasteiger partial charge in [-0.25, -0.2) is 26.9 Å². The number of piperazine rings is 1. The fraction of sp³-hybridized carbons (Fsp3) is 0.415. The van der Waals surface area contributed by atoms with Gasteiger partial charge in [0.25, 0.3) is 21.6 Å². The Kier molecular flexibility index (Phi) is 17.7. The number of hydrogen-bond acceptors (Lipinski definition) is 15. The molecule has 18 nitrogen and oxygen atoms in total. The lowest BCUT2D eigenvalue weighted by Crippen LogP contribution is -2.60. The zero-order valence-corrected chi connectivity index (χ0v) is 50.1. The molecule has 5 aromatic carbocycles. The van der Waals surface area contributed by atoms with Crippen LogP contribution in [0.3, 0.4) is 0 Å². The quantitative estimate of drug-likeness (QED) is 0.0453. The number of nitro groups is 1. The second-order valence-electron chi connectivity index (χ2n) is 24.0. The number of nitro benzene ring substituents is 1. The number of nitrogens with one attached hydrogen (secondary N) is 3. The summed E-state index contributed by atoms with van der Waals surface area (Å²) in [6, 6.07) is 33.3. The van der Waals surface area contributed by atoms with Crippen LogP contribution in [0.4, 0.5) is 25.8 Å². The molecule has 0 unspecified atom stereocenters. The molecule has 454 valence electrons. The second-order valence-corrected chi connectivity index (χ2v) is 25.6. The minimum atomic E-state index is -4.80. The van der Waals surface area contributed by atoms with Gasteiger partial charge in [-0.1, -0.05) is 68.4 Å². The van der Waals surface area contributed by atoms with Crippen molar-refractivity contribution in [1.82, 2.24) is 29.4 Å². The Morgan fingerprint density at radius 3 is 2.37 bits per heavy atom. The number of methoxy groups -OCH3 is 2. The molecule has 4 aliphatic rings. The molecule has 1 atom stereocenters. The van der Waals surface area contributed by atoms with E-state index in [0.717, 1.165) is 106 Å². The van der Waals surface area contributed by atoms with E-state index in [0.29, 0.717) is 36.1 Å². The van der Waals surface area contributed by atoms with Gasteiger partial charge in [0.2, 0.25) is 0 Å². The third kappa shape index (κ3) is 13.3. The molecule has 2 aromatic heterocycles. The van der Waals surface area contributed by atoms with Crippen molar-refractivity contribution in [2.45, 2.75) is 101 Å². The Morgan fingerprint density at radius 2 is 1.64 bits per heavy atom. The highest BCUT2D eigenvalue weighted by atomic mass is 32.2. The van der Waals surface area contributed by atoms with E-state index in [4.69, 9.17) is 18.9 Å². The summed E-state index contributed by atoms with van der Waals surface area (Å²) in [6.45, 7) is 10.9. The number of halogens is 2. The Hall–Kier alpha value is -7.69. The van der Waals surface area contributed by atoms with Crippen molar-refractivity contribution in [2.75, 3.05) is 84.0 Å². The van der Waals surface area contributed by atoms with Gasteiger partial charge < -0.3 is 34.1 Å². The number of pyridine rings is 1. The SMILES string of the molecule is COc1ccc(CN(C)Cc2ccc(CN3CCN(C4CC5(CCN(c6cc(Oc7cnc8[nH]ccc8c7)c(C(=O)NS(=O)(=O)c7ccc(NCC8(F)CCOCC8)c([N+](=O)[O-])c7)cc6F)CC5)C4)[C@H](c4ccccc4C(C)C)C3)cc2)c(OC)c1. The van der Waals surface area contributed by atoms with Crippen LogP contribution < -0.4 is 29.1 Å². The van der Waals surface area contributed by atoms with E-state index in [9.17, 15) is 23.3 Å². The summed E-state index contributed by atoms with van der Waals surface area (Å²) < 4.78 is 84.4. The second kappa shape index (κ2) is 25.3. The summed E-state index contributed by atoms with van der Waals surface area (Å²) >= 11 is 0. The molecule has 3 N–H and O–H groups in total. The number of sulfonamides is 1. The molecular formula is C65H75F2N9O9S. The molecule has 21 heteroatoms. The summed E-state index contributed by atoms with van der Waals surface area (Å²) in [7, 11) is 0.661. The number of anilines is 2. The van der Waals surface area contributed by atoms with E-state index in [1.807, 2.05) is 21.8 Å². The number of aromatic amines is 1. The fourth-order valence-electron chi connectivity index (χ4n) is 13.0. The number of rotatable bonds is 21. The number of amides is 1. The standard InChI is InChI=1S/C65H75F2N9O9S/c1-43(2)52-8-6-7-9-53(52)59-41-73(39-45-12-10-44(11-13-45)38-72(3)40-47-14-15-49(82-4)31-60(47)83-5)26-27-75(59)48-35-64(36-48)19-24-74(25-20-64)57-34-61(85-50-30-46-18-23-68-62(46)69-37-50)54(33-55(57)66)63(77)71-86(80,81)51-16-17-56(58(32-51)76(78)79)70-42-65(67)21-28-84-29-22-65/h6-18,23,30-34,37,43,48,59,70H,19-22,24-29,35-36,38-42H2,1-5H3,(H,68,69)(H,71,77)/t59-/m0/s1. The summed E-state index contributed by atoms with van der Waals surface area (Å²) in [5.41, 5.74) is 4.39. The number of carbonyl (C=O) groups excluding carboxylic acids is 1. The van der Waals surface area contributed by atoms with Gasteiger partial charge in [0.05, 0.1) is 41.5 Å². The lowest BCUT2D eigenvalue weighted by molar-refractivity contribution is -0.384. The zero-order valence-electron chi connectivity index (χ0n) is 49.3. The number of H-pyrrole nitrogens is 1. The van der Waals surface area contributed by atoms with E-state index in [2.05, 4.69) is 105 Å².